The van der Waals surface area contributed by atoms with Crippen LogP contribution in [0.15, 0.2) is 72.0 Å². The summed E-state index contributed by atoms with van der Waals surface area (Å²) in [6.07, 6.45) is -2.33. The number of hydrogen-bond donors (Lipinski definition) is 0. The number of nitro groups is 1. The van der Waals surface area contributed by atoms with Crippen molar-refractivity contribution in [1.82, 2.24) is 5.01 Å². The van der Waals surface area contributed by atoms with E-state index in [9.17, 15) is 28.1 Å². The molecule has 0 saturated carbocycles. The predicted molar refractivity (Wildman–Crippen MR) is 91.1 cm³/mol. The highest BCUT2D eigenvalue weighted by atomic mass is 19.4. The molecule has 2 aromatic rings. The second-order valence-corrected chi connectivity index (χ2v) is 5.67. The van der Waals surface area contributed by atoms with Gasteiger partial charge in [0.2, 0.25) is 0 Å². The predicted octanol–water partition coefficient (Wildman–Crippen LogP) is 4.27. The number of halogens is 3. The van der Waals surface area contributed by atoms with Crippen LogP contribution in [0.25, 0.3) is 0 Å². The summed E-state index contributed by atoms with van der Waals surface area (Å²) in [5.74, 6) is -1.96. The molecule has 1 aliphatic rings. The third kappa shape index (κ3) is 3.86. The molecule has 0 fully saturated rings. The van der Waals surface area contributed by atoms with Crippen molar-refractivity contribution in [2.24, 2.45) is 5.10 Å². The van der Waals surface area contributed by atoms with E-state index in [-0.39, 0.29) is 11.3 Å². The Balaban J connectivity index is 1.92. The van der Waals surface area contributed by atoms with E-state index in [1.165, 1.54) is 18.2 Å². The first-order valence-corrected chi connectivity index (χ1v) is 7.74. The molecule has 27 heavy (non-hydrogen) atoms. The van der Waals surface area contributed by atoms with Crippen LogP contribution >= 0.6 is 0 Å². The molecule has 1 atom stereocenters. The van der Waals surface area contributed by atoms with Crippen LogP contribution in [0.3, 0.4) is 0 Å². The Morgan fingerprint density at radius 1 is 1.07 bits per heavy atom. The summed E-state index contributed by atoms with van der Waals surface area (Å²) in [4.78, 5) is 22.4. The van der Waals surface area contributed by atoms with E-state index in [1.807, 2.05) is 0 Å². The van der Waals surface area contributed by atoms with Gasteiger partial charge in [0.15, 0.2) is 5.71 Å². The van der Waals surface area contributed by atoms with Gasteiger partial charge in [0.05, 0.1) is 10.8 Å². The molecule has 0 spiro atoms. The Hall–Kier alpha value is -3.49. The molecule has 3 rings (SSSR count). The van der Waals surface area contributed by atoms with Gasteiger partial charge in [0, 0.05) is 23.9 Å². The lowest BCUT2D eigenvalue weighted by Gasteiger charge is -2.26. The summed E-state index contributed by atoms with van der Waals surface area (Å²) in [6, 6.07) is 12.5. The summed E-state index contributed by atoms with van der Waals surface area (Å²) >= 11 is 0. The summed E-state index contributed by atoms with van der Waals surface area (Å²) in [6.45, 7) is 0. The molecular formula is C18H12F3N3O3. The topological polar surface area (TPSA) is 75.8 Å². The van der Waals surface area contributed by atoms with Gasteiger partial charge in [-0.25, -0.2) is 5.01 Å². The van der Waals surface area contributed by atoms with Crippen LogP contribution in [0.2, 0.25) is 0 Å². The quantitative estimate of drug-likeness (QED) is 0.594. The van der Waals surface area contributed by atoms with Gasteiger partial charge in [-0.05, 0) is 17.7 Å². The Morgan fingerprint density at radius 3 is 2.26 bits per heavy atom. The number of nitro benzene ring substituents is 1. The fourth-order valence-electron chi connectivity index (χ4n) is 2.60. The summed E-state index contributed by atoms with van der Waals surface area (Å²) in [5.41, 5.74) is -0.975. The van der Waals surface area contributed by atoms with Crippen molar-refractivity contribution in [2.45, 2.75) is 12.1 Å². The molecule has 1 heterocycles. The van der Waals surface area contributed by atoms with Crippen LogP contribution in [-0.2, 0) is 0 Å². The van der Waals surface area contributed by atoms with Crippen molar-refractivity contribution < 1.29 is 22.9 Å². The minimum atomic E-state index is -4.74. The van der Waals surface area contributed by atoms with Crippen molar-refractivity contribution in [3.8, 4) is 0 Å². The molecule has 6 nitrogen and oxygen atoms in total. The molecule has 1 amide bonds. The Kier molecular flexibility index (Phi) is 4.76. The lowest BCUT2D eigenvalue weighted by Crippen LogP contribution is -2.35. The van der Waals surface area contributed by atoms with Crippen LogP contribution < -0.4 is 0 Å². The highest BCUT2D eigenvalue weighted by Crippen LogP contribution is 2.33. The number of carbonyl (C=O) groups is 1. The molecule has 1 unspecified atom stereocenters. The Bertz CT molecular complexity index is 922. The van der Waals surface area contributed by atoms with Crippen LogP contribution in [0.1, 0.15) is 21.8 Å². The summed E-state index contributed by atoms with van der Waals surface area (Å²) in [5, 5.41) is 14.7. The number of hydrogen-bond acceptors (Lipinski definition) is 4. The van der Waals surface area contributed by atoms with Crippen LogP contribution in [0.5, 0.6) is 0 Å². The minimum absolute atomic E-state index is 0.0197. The first kappa shape index (κ1) is 18.3. The van der Waals surface area contributed by atoms with E-state index in [0.29, 0.717) is 10.6 Å². The maximum atomic E-state index is 13.5. The first-order valence-electron chi connectivity index (χ1n) is 7.74. The molecule has 9 heteroatoms. The third-order valence-corrected chi connectivity index (χ3v) is 3.91. The SMILES string of the molecule is O=C(c1ccc([N+](=O)[O-])cc1)N1C=CC(c2ccccc2)C(C(F)(F)F)=N1. The molecule has 0 N–H and O–H groups in total. The number of rotatable bonds is 3. The monoisotopic (exact) mass is 375 g/mol. The number of nitrogens with zero attached hydrogens (tertiary/aromatic N) is 3. The Labute approximate surface area is 151 Å². The second-order valence-electron chi connectivity index (χ2n) is 5.67. The van der Waals surface area contributed by atoms with Crippen molar-refractivity contribution in [3.05, 3.63) is 88.1 Å². The van der Waals surface area contributed by atoms with E-state index >= 15 is 0 Å². The minimum Gasteiger partial charge on any atom is -0.267 e. The number of amides is 1. The lowest BCUT2D eigenvalue weighted by atomic mass is 9.93. The van der Waals surface area contributed by atoms with Gasteiger partial charge in [-0.3, -0.25) is 14.9 Å². The van der Waals surface area contributed by atoms with Crippen molar-refractivity contribution in [2.75, 3.05) is 0 Å². The van der Waals surface area contributed by atoms with Crippen molar-refractivity contribution >= 4 is 17.3 Å². The smallest absolute Gasteiger partial charge is 0.267 e. The molecule has 0 bridgehead atoms. The third-order valence-electron chi connectivity index (χ3n) is 3.91. The number of benzene rings is 2. The maximum absolute atomic E-state index is 13.5. The van der Waals surface area contributed by atoms with Gasteiger partial charge in [0.1, 0.15) is 0 Å². The molecule has 0 radical (unpaired) electrons. The van der Waals surface area contributed by atoms with Crippen LogP contribution in [0.4, 0.5) is 18.9 Å². The fourth-order valence-corrected chi connectivity index (χ4v) is 2.60. The zero-order chi connectivity index (χ0) is 19.6. The maximum Gasteiger partial charge on any atom is 0.432 e. The Morgan fingerprint density at radius 2 is 1.70 bits per heavy atom. The summed E-state index contributed by atoms with van der Waals surface area (Å²) < 4.78 is 40.4. The van der Waals surface area contributed by atoms with Gasteiger partial charge in [-0.1, -0.05) is 36.4 Å². The molecule has 0 aliphatic carbocycles. The second kappa shape index (κ2) is 7.02. The van der Waals surface area contributed by atoms with Gasteiger partial charge < -0.3 is 0 Å². The van der Waals surface area contributed by atoms with Gasteiger partial charge in [-0.15, -0.1) is 0 Å². The van der Waals surface area contributed by atoms with E-state index < -0.39 is 28.6 Å². The number of carbonyl (C=O) groups excluding carboxylic acids is 1. The molecule has 138 valence electrons. The fraction of sp³-hybridized carbons (Fsp3) is 0.111. The molecule has 2 aromatic carbocycles. The van der Waals surface area contributed by atoms with E-state index in [0.717, 1.165) is 18.3 Å². The number of allylic oxidation sites excluding steroid dienone is 1. The molecule has 0 aromatic heterocycles. The average Bonchev–Trinajstić information content (AvgIpc) is 2.67. The van der Waals surface area contributed by atoms with Gasteiger partial charge in [-0.2, -0.15) is 18.3 Å². The largest absolute Gasteiger partial charge is 0.432 e. The van der Waals surface area contributed by atoms with Crippen LogP contribution in [0, 0.1) is 10.1 Å². The van der Waals surface area contributed by atoms with Gasteiger partial charge in [0.25, 0.3) is 11.6 Å². The van der Waals surface area contributed by atoms with Crippen molar-refractivity contribution in [3.63, 3.8) is 0 Å². The highest BCUT2D eigenvalue weighted by molar-refractivity contribution is 6.01. The lowest BCUT2D eigenvalue weighted by molar-refractivity contribution is -0.384. The molecule has 0 saturated heterocycles. The van der Waals surface area contributed by atoms with E-state index in [1.54, 1.807) is 30.3 Å². The number of non-ortho nitro benzene ring substituents is 1. The first-order chi connectivity index (χ1) is 12.8. The zero-order valence-corrected chi connectivity index (χ0v) is 13.6. The molecular weight excluding hydrogens is 363 g/mol. The normalized spacial score (nSPS) is 16.8. The van der Waals surface area contributed by atoms with Crippen molar-refractivity contribution in [1.29, 1.82) is 0 Å². The number of hydrazone groups is 1. The van der Waals surface area contributed by atoms with Crippen LogP contribution in [-0.4, -0.2) is 27.7 Å². The highest BCUT2D eigenvalue weighted by Gasteiger charge is 2.43. The standard InChI is InChI=1S/C18H12F3N3O3/c19-18(20,21)16-15(12-4-2-1-3-5-12)10-11-23(22-16)17(25)13-6-8-14(9-7-13)24(26)27/h1-11,15H. The zero-order valence-electron chi connectivity index (χ0n) is 13.6. The summed E-state index contributed by atoms with van der Waals surface area (Å²) in [7, 11) is 0. The molecule has 1 aliphatic heterocycles. The van der Waals surface area contributed by atoms with Gasteiger partial charge >= 0.3 is 6.18 Å². The van der Waals surface area contributed by atoms with E-state index in [4.69, 9.17) is 0 Å². The number of alkyl halides is 3. The van der Waals surface area contributed by atoms with E-state index in [2.05, 4.69) is 5.10 Å². The average molecular weight is 375 g/mol.